The van der Waals surface area contributed by atoms with Gasteiger partial charge in [0.15, 0.2) is 0 Å². The minimum absolute atomic E-state index is 0.126. The monoisotopic (exact) mass is 369 g/mol. The van der Waals surface area contributed by atoms with Crippen LogP contribution in [0.5, 0.6) is 0 Å². The van der Waals surface area contributed by atoms with Gasteiger partial charge in [-0.1, -0.05) is 63.0 Å². The molecule has 5 nitrogen and oxygen atoms in total. The van der Waals surface area contributed by atoms with Crippen molar-refractivity contribution < 1.29 is 0 Å². The van der Waals surface area contributed by atoms with Crippen LogP contribution in [0, 0.1) is 6.92 Å². The molecule has 1 aromatic heterocycles. The van der Waals surface area contributed by atoms with E-state index in [-0.39, 0.29) is 12.1 Å². The summed E-state index contributed by atoms with van der Waals surface area (Å²) in [6.45, 7) is 2.10. The zero-order valence-electron chi connectivity index (χ0n) is 12.6. The molecule has 23 heavy (non-hydrogen) atoms. The van der Waals surface area contributed by atoms with E-state index in [1.165, 1.54) is 16.7 Å². The highest BCUT2D eigenvalue weighted by Gasteiger charge is 2.30. The highest BCUT2D eigenvalue weighted by atomic mass is 79.9. The van der Waals surface area contributed by atoms with Gasteiger partial charge in [-0.3, -0.25) is 0 Å². The lowest BCUT2D eigenvalue weighted by Crippen LogP contribution is -2.28. The van der Waals surface area contributed by atoms with Gasteiger partial charge in [-0.25, -0.2) is 4.68 Å². The summed E-state index contributed by atoms with van der Waals surface area (Å²) >= 11 is 3.49. The Balaban J connectivity index is 1.71. The van der Waals surface area contributed by atoms with Gasteiger partial charge in [-0.15, -0.1) is 0 Å². The second kappa shape index (κ2) is 5.77. The summed E-state index contributed by atoms with van der Waals surface area (Å²) in [4.78, 5) is 0. The van der Waals surface area contributed by atoms with Gasteiger partial charge in [0.2, 0.25) is 5.95 Å². The first-order valence-corrected chi connectivity index (χ1v) is 8.36. The standard InChI is InChI=1S/C17H16BrN5/c1-11-2-4-12(5-3-11)15-10-16(13-6-8-14(18)9-7-13)23-17(19-15)20-21-22-23/h2-9,15-16H,10H2,1H3,(H,19,20,22)/t15-,16-/m1/s1. The number of aryl methyl sites for hydroxylation is 1. The Labute approximate surface area is 142 Å². The molecule has 116 valence electrons. The molecule has 3 aromatic rings. The summed E-state index contributed by atoms with van der Waals surface area (Å²) in [5.41, 5.74) is 3.73. The Morgan fingerprint density at radius 2 is 1.74 bits per heavy atom. The molecular weight excluding hydrogens is 354 g/mol. The fraction of sp³-hybridized carbons (Fsp3) is 0.235. The van der Waals surface area contributed by atoms with Gasteiger partial charge >= 0.3 is 0 Å². The molecule has 1 N–H and O–H groups in total. The largest absolute Gasteiger partial charge is 0.346 e. The van der Waals surface area contributed by atoms with Gasteiger partial charge in [0, 0.05) is 4.47 Å². The Hall–Kier alpha value is -2.21. The van der Waals surface area contributed by atoms with E-state index in [0.717, 1.165) is 16.8 Å². The van der Waals surface area contributed by atoms with E-state index in [1.54, 1.807) is 0 Å². The number of halogens is 1. The highest BCUT2D eigenvalue weighted by Crippen LogP contribution is 2.37. The van der Waals surface area contributed by atoms with E-state index in [0.29, 0.717) is 0 Å². The second-order valence-corrected chi connectivity index (χ2v) is 6.77. The molecule has 4 rings (SSSR count). The van der Waals surface area contributed by atoms with Crippen molar-refractivity contribution in [2.45, 2.75) is 25.4 Å². The first kappa shape index (κ1) is 14.4. The number of nitrogens with one attached hydrogen (secondary N) is 1. The molecule has 0 unspecified atom stereocenters. The molecule has 0 fully saturated rings. The Kier molecular flexibility index (Phi) is 3.61. The van der Waals surface area contributed by atoms with Crippen molar-refractivity contribution in [3.8, 4) is 0 Å². The molecule has 0 amide bonds. The van der Waals surface area contributed by atoms with Crippen LogP contribution in [0.2, 0.25) is 0 Å². The fourth-order valence-electron chi connectivity index (χ4n) is 3.02. The molecule has 0 aliphatic carbocycles. The van der Waals surface area contributed by atoms with E-state index in [4.69, 9.17) is 0 Å². The van der Waals surface area contributed by atoms with Crippen LogP contribution in [-0.2, 0) is 0 Å². The summed E-state index contributed by atoms with van der Waals surface area (Å²) in [6, 6.07) is 17.3. The van der Waals surface area contributed by atoms with Crippen molar-refractivity contribution >= 4 is 21.9 Å². The van der Waals surface area contributed by atoms with Gasteiger partial charge in [0.05, 0.1) is 12.1 Å². The quantitative estimate of drug-likeness (QED) is 0.744. The lowest BCUT2D eigenvalue weighted by Gasteiger charge is -2.31. The van der Waals surface area contributed by atoms with Crippen molar-refractivity contribution in [1.29, 1.82) is 0 Å². The zero-order chi connectivity index (χ0) is 15.8. The number of anilines is 1. The Morgan fingerprint density at radius 3 is 2.48 bits per heavy atom. The number of benzene rings is 2. The van der Waals surface area contributed by atoms with Gasteiger partial charge < -0.3 is 5.32 Å². The summed E-state index contributed by atoms with van der Waals surface area (Å²) in [6.07, 6.45) is 0.905. The lowest BCUT2D eigenvalue weighted by atomic mass is 9.93. The van der Waals surface area contributed by atoms with Crippen LogP contribution in [0.25, 0.3) is 0 Å². The molecule has 2 heterocycles. The first-order valence-electron chi connectivity index (χ1n) is 7.57. The average Bonchev–Trinajstić information content (AvgIpc) is 3.04. The molecule has 0 saturated heterocycles. The van der Waals surface area contributed by atoms with Crippen molar-refractivity contribution in [2.75, 3.05) is 5.32 Å². The van der Waals surface area contributed by atoms with Crippen molar-refractivity contribution in [2.24, 2.45) is 0 Å². The Bertz CT molecular complexity index is 810. The molecule has 2 aromatic carbocycles. The van der Waals surface area contributed by atoms with Crippen molar-refractivity contribution in [1.82, 2.24) is 20.2 Å². The zero-order valence-corrected chi connectivity index (χ0v) is 14.2. The van der Waals surface area contributed by atoms with E-state index < -0.39 is 0 Å². The van der Waals surface area contributed by atoms with Crippen LogP contribution in [-0.4, -0.2) is 20.2 Å². The predicted molar refractivity (Wildman–Crippen MR) is 92.3 cm³/mol. The number of rotatable bonds is 2. The minimum atomic E-state index is 0.126. The summed E-state index contributed by atoms with van der Waals surface area (Å²) in [5, 5.41) is 15.6. The van der Waals surface area contributed by atoms with Gasteiger partial charge in [0.1, 0.15) is 0 Å². The van der Waals surface area contributed by atoms with E-state index in [1.807, 2.05) is 4.68 Å². The normalized spacial score (nSPS) is 19.9. The third-order valence-corrected chi connectivity index (χ3v) is 4.81. The number of tetrazole rings is 1. The molecule has 6 heteroatoms. The smallest absolute Gasteiger partial charge is 0.243 e. The van der Waals surface area contributed by atoms with Crippen LogP contribution >= 0.6 is 15.9 Å². The molecular formula is C17H16BrN5. The number of hydrogen-bond donors (Lipinski definition) is 1. The Morgan fingerprint density at radius 1 is 1.04 bits per heavy atom. The van der Waals surface area contributed by atoms with Crippen molar-refractivity contribution in [3.05, 3.63) is 69.7 Å². The number of fused-ring (bicyclic) bond motifs is 1. The molecule has 0 spiro atoms. The summed E-state index contributed by atoms with van der Waals surface area (Å²) < 4.78 is 2.94. The van der Waals surface area contributed by atoms with Crippen LogP contribution in [0.4, 0.5) is 5.95 Å². The first-order chi connectivity index (χ1) is 11.2. The topological polar surface area (TPSA) is 55.6 Å². The number of hydrogen-bond acceptors (Lipinski definition) is 4. The van der Waals surface area contributed by atoms with E-state index in [9.17, 15) is 0 Å². The van der Waals surface area contributed by atoms with Crippen molar-refractivity contribution in [3.63, 3.8) is 0 Å². The van der Waals surface area contributed by atoms with Crippen LogP contribution in [0.3, 0.4) is 0 Å². The van der Waals surface area contributed by atoms with E-state index in [2.05, 4.69) is 92.2 Å². The van der Waals surface area contributed by atoms with E-state index >= 15 is 0 Å². The molecule has 1 aliphatic rings. The fourth-order valence-corrected chi connectivity index (χ4v) is 3.28. The van der Waals surface area contributed by atoms with Crippen LogP contribution in [0.1, 0.15) is 35.2 Å². The second-order valence-electron chi connectivity index (χ2n) is 5.86. The minimum Gasteiger partial charge on any atom is -0.346 e. The summed E-state index contributed by atoms with van der Waals surface area (Å²) in [5.74, 6) is 0.717. The third kappa shape index (κ3) is 2.74. The maximum absolute atomic E-state index is 4.16. The SMILES string of the molecule is Cc1ccc([C@H]2C[C@H](c3ccc(Br)cc3)n3nnnc3N2)cc1. The van der Waals surface area contributed by atoms with Gasteiger partial charge in [0.25, 0.3) is 0 Å². The van der Waals surface area contributed by atoms with Crippen LogP contribution < -0.4 is 5.32 Å². The van der Waals surface area contributed by atoms with Gasteiger partial charge in [-0.2, -0.15) is 0 Å². The predicted octanol–water partition coefficient (Wildman–Crippen LogP) is 3.89. The molecule has 0 radical (unpaired) electrons. The molecule has 2 atom stereocenters. The molecule has 0 saturated carbocycles. The lowest BCUT2D eigenvalue weighted by molar-refractivity contribution is 0.423. The molecule has 1 aliphatic heterocycles. The average molecular weight is 370 g/mol. The number of nitrogens with zero attached hydrogens (tertiary/aromatic N) is 4. The summed E-state index contributed by atoms with van der Waals surface area (Å²) in [7, 11) is 0. The van der Waals surface area contributed by atoms with Crippen LogP contribution in [0.15, 0.2) is 53.0 Å². The number of aromatic nitrogens is 4. The maximum Gasteiger partial charge on any atom is 0.243 e. The third-order valence-electron chi connectivity index (χ3n) is 4.28. The maximum atomic E-state index is 4.16. The highest BCUT2D eigenvalue weighted by molar-refractivity contribution is 9.10. The van der Waals surface area contributed by atoms with Gasteiger partial charge in [-0.05, 0) is 47.0 Å². The molecule has 0 bridgehead atoms.